The number of para-hydroxylation sites is 1. The topological polar surface area (TPSA) is 122 Å². The Morgan fingerprint density at radius 3 is 2.24 bits per heavy atom. The molecule has 4 rings (SSSR count). The second-order valence-corrected chi connectivity index (χ2v) is 9.43. The van der Waals surface area contributed by atoms with Gasteiger partial charge in [0, 0.05) is 16.9 Å². The zero-order valence-electron chi connectivity index (χ0n) is 17.8. The fourth-order valence-corrected chi connectivity index (χ4v) is 4.51. The number of nitrogens with two attached hydrogens (primary N) is 1. The van der Waals surface area contributed by atoms with E-state index in [9.17, 15) is 18.0 Å². The van der Waals surface area contributed by atoms with Gasteiger partial charge in [0.05, 0.1) is 23.2 Å². The monoisotopic (exact) mass is 462 g/mol. The Hall–Kier alpha value is -4.11. The van der Waals surface area contributed by atoms with Gasteiger partial charge in [-0.05, 0) is 35.9 Å². The number of nitrogens with zero attached hydrogens (tertiary/aromatic N) is 1. The van der Waals surface area contributed by atoms with Crippen LogP contribution in [-0.2, 0) is 19.6 Å². The van der Waals surface area contributed by atoms with E-state index in [0.29, 0.717) is 22.6 Å². The van der Waals surface area contributed by atoms with Crippen molar-refractivity contribution in [1.82, 2.24) is 0 Å². The number of hydrogen-bond donors (Lipinski definition) is 3. The van der Waals surface area contributed by atoms with E-state index in [2.05, 4.69) is 10.6 Å². The van der Waals surface area contributed by atoms with E-state index in [1.807, 2.05) is 54.6 Å². The molecular formula is C24H22N4O4S. The average molecular weight is 463 g/mol. The summed E-state index contributed by atoms with van der Waals surface area (Å²) in [7, 11) is -3.70. The van der Waals surface area contributed by atoms with Gasteiger partial charge in [-0.15, -0.1) is 0 Å². The second-order valence-electron chi connectivity index (χ2n) is 7.52. The maximum Gasteiger partial charge on any atom is 0.258 e. The highest BCUT2D eigenvalue weighted by Crippen LogP contribution is 2.37. The first-order valence-electron chi connectivity index (χ1n) is 10.1. The van der Waals surface area contributed by atoms with Crippen LogP contribution >= 0.6 is 0 Å². The maximum atomic E-state index is 12.9. The van der Waals surface area contributed by atoms with Gasteiger partial charge in [0.1, 0.15) is 6.54 Å². The molecule has 168 valence electrons. The Bertz CT molecular complexity index is 1350. The molecular weight excluding hydrogens is 440 g/mol. The lowest BCUT2D eigenvalue weighted by Crippen LogP contribution is -2.37. The van der Waals surface area contributed by atoms with Crippen molar-refractivity contribution in [3.8, 4) is 0 Å². The third kappa shape index (κ3) is 4.73. The largest absolute Gasteiger partial charge is 0.368 e. The smallest absolute Gasteiger partial charge is 0.258 e. The highest BCUT2D eigenvalue weighted by Gasteiger charge is 2.28. The van der Waals surface area contributed by atoms with Crippen LogP contribution < -0.4 is 20.7 Å². The number of benzene rings is 3. The van der Waals surface area contributed by atoms with Gasteiger partial charge in [-0.25, -0.2) is 8.42 Å². The molecule has 1 aliphatic rings. The van der Waals surface area contributed by atoms with Crippen molar-refractivity contribution < 1.29 is 18.0 Å². The molecule has 0 saturated heterocycles. The van der Waals surface area contributed by atoms with Crippen molar-refractivity contribution in [3.63, 3.8) is 0 Å². The molecule has 8 nitrogen and oxygen atoms in total. The number of hydrogen-bond acceptors (Lipinski definition) is 5. The Labute approximate surface area is 191 Å². The van der Waals surface area contributed by atoms with Crippen LogP contribution in [0.2, 0.25) is 0 Å². The molecule has 0 unspecified atom stereocenters. The molecule has 1 aliphatic heterocycles. The number of rotatable bonds is 7. The summed E-state index contributed by atoms with van der Waals surface area (Å²) in [4.78, 5) is 24.2. The molecule has 33 heavy (non-hydrogen) atoms. The van der Waals surface area contributed by atoms with E-state index in [0.717, 1.165) is 27.4 Å². The fraction of sp³-hybridized carbons (Fsp3) is 0.0833. The fourth-order valence-electron chi connectivity index (χ4n) is 3.65. The average Bonchev–Trinajstić information content (AvgIpc) is 3.12. The van der Waals surface area contributed by atoms with Crippen molar-refractivity contribution in [2.45, 2.75) is 0 Å². The Balaban J connectivity index is 1.75. The van der Waals surface area contributed by atoms with Gasteiger partial charge < -0.3 is 16.4 Å². The van der Waals surface area contributed by atoms with E-state index in [1.165, 1.54) is 0 Å². The van der Waals surface area contributed by atoms with E-state index < -0.39 is 22.5 Å². The molecule has 0 radical (unpaired) electrons. The van der Waals surface area contributed by atoms with Crippen LogP contribution in [0.4, 0.5) is 17.1 Å². The SMILES string of the molecule is CS(=O)(=O)N(CC(N)=O)c1ccc(N/C(=C2\C(=O)Nc3ccccc32)c2ccccc2)cc1. The van der Waals surface area contributed by atoms with Crippen LogP contribution in [0.5, 0.6) is 0 Å². The molecule has 3 aromatic carbocycles. The number of primary amides is 1. The molecule has 0 atom stereocenters. The quantitative estimate of drug-likeness (QED) is 0.466. The Kier molecular flexibility index (Phi) is 5.89. The zero-order valence-corrected chi connectivity index (χ0v) is 18.6. The van der Waals surface area contributed by atoms with E-state index in [-0.39, 0.29) is 5.91 Å². The van der Waals surface area contributed by atoms with Crippen molar-refractivity contribution in [2.75, 3.05) is 27.7 Å². The molecule has 3 aromatic rings. The third-order valence-corrected chi connectivity index (χ3v) is 6.25. The first-order valence-corrected chi connectivity index (χ1v) is 11.9. The predicted octanol–water partition coefficient (Wildman–Crippen LogP) is 2.87. The number of amides is 2. The summed E-state index contributed by atoms with van der Waals surface area (Å²) in [6.07, 6.45) is 1.01. The van der Waals surface area contributed by atoms with Gasteiger partial charge in [-0.1, -0.05) is 48.5 Å². The Morgan fingerprint density at radius 2 is 1.61 bits per heavy atom. The van der Waals surface area contributed by atoms with Gasteiger partial charge in [0.25, 0.3) is 5.91 Å². The zero-order chi connectivity index (χ0) is 23.6. The molecule has 0 bridgehead atoms. The van der Waals surface area contributed by atoms with Gasteiger partial charge >= 0.3 is 0 Å². The van der Waals surface area contributed by atoms with Crippen LogP contribution in [0.1, 0.15) is 11.1 Å². The van der Waals surface area contributed by atoms with Crippen molar-refractivity contribution in [1.29, 1.82) is 0 Å². The molecule has 0 saturated carbocycles. The molecule has 0 spiro atoms. The number of fused-ring (bicyclic) bond motifs is 1. The van der Waals surface area contributed by atoms with Crippen molar-refractivity contribution in [2.24, 2.45) is 5.73 Å². The standard InChI is InChI=1S/C24H22N4O4S/c1-33(31,32)28(15-21(25)29)18-13-11-17(12-14-18)26-23(16-7-3-2-4-8-16)22-19-9-5-6-10-20(19)27-24(22)30/h2-14,26H,15H2,1H3,(H2,25,29)(H,27,30)/b23-22-. The lowest BCUT2D eigenvalue weighted by atomic mass is 10.00. The first-order chi connectivity index (χ1) is 15.7. The summed E-state index contributed by atoms with van der Waals surface area (Å²) >= 11 is 0. The number of carbonyl (C=O) groups excluding carboxylic acids is 2. The van der Waals surface area contributed by atoms with Crippen molar-refractivity contribution in [3.05, 3.63) is 90.0 Å². The molecule has 0 aliphatic carbocycles. The minimum absolute atomic E-state index is 0.219. The molecule has 0 aromatic heterocycles. The minimum atomic E-state index is -3.70. The highest BCUT2D eigenvalue weighted by atomic mass is 32.2. The number of sulfonamides is 1. The van der Waals surface area contributed by atoms with Crippen LogP contribution in [0.15, 0.2) is 78.9 Å². The summed E-state index contributed by atoms with van der Waals surface area (Å²) in [6, 6.07) is 23.4. The summed E-state index contributed by atoms with van der Waals surface area (Å²) in [6.45, 7) is -0.456. The molecule has 2 amide bonds. The van der Waals surface area contributed by atoms with E-state index in [4.69, 9.17) is 5.73 Å². The highest BCUT2D eigenvalue weighted by molar-refractivity contribution is 7.92. The summed E-state index contributed by atoms with van der Waals surface area (Å²) < 4.78 is 25.1. The van der Waals surface area contributed by atoms with E-state index in [1.54, 1.807) is 24.3 Å². The maximum absolute atomic E-state index is 12.9. The summed E-state index contributed by atoms with van der Waals surface area (Å²) in [5.41, 5.74) is 9.60. The van der Waals surface area contributed by atoms with Crippen LogP contribution in [0.25, 0.3) is 11.3 Å². The van der Waals surface area contributed by atoms with Crippen molar-refractivity contribution >= 4 is 50.2 Å². The van der Waals surface area contributed by atoms with E-state index >= 15 is 0 Å². The van der Waals surface area contributed by atoms with Gasteiger partial charge in [-0.2, -0.15) is 0 Å². The predicted molar refractivity (Wildman–Crippen MR) is 130 cm³/mol. The van der Waals surface area contributed by atoms with Crippen LogP contribution in [0, 0.1) is 0 Å². The number of nitrogens with one attached hydrogen (secondary N) is 2. The van der Waals surface area contributed by atoms with Gasteiger partial charge in [-0.3, -0.25) is 13.9 Å². The van der Waals surface area contributed by atoms with Gasteiger partial charge in [0.2, 0.25) is 15.9 Å². The van der Waals surface area contributed by atoms with Crippen LogP contribution in [0.3, 0.4) is 0 Å². The van der Waals surface area contributed by atoms with Crippen LogP contribution in [-0.4, -0.2) is 33.0 Å². The number of carbonyl (C=O) groups is 2. The normalized spacial score (nSPS) is 14.3. The molecule has 0 fully saturated rings. The first kappa shape index (κ1) is 22.1. The minimum Gasteiger partial charge on any atom is -0.368 e. The second kappa shape index (κ2) is 8.79. The Morgan fingerprint density at radius 1 is 0.970 bits per heavy atom. The lowest BCUT2D eigenvalue weighted by Gasteiger charge is -2.21. The third-order valence-electron chi connectivity index (χ3n) is 5.11. The van der Waals surface area contributed by atoms with Gasteiger partial charge in [0.15, 0.2) is 0 Å². The molecule has 1 heterocycles. The summed E-state index contributed by atoms with van der Waals surface area (Å²) in [5, 5.41) is 6.20. The lowest BCUT2D eigenvalue weighted by molar-refractivity contribution is -0.116. The molecule has 9 heteroatoms. The molecule has 4 N–H and O–H groups in total. The number of anilines is 3. The summed E-state index contributed by atoms with van der Waals surface area (Å²) in [5.74, 6) is -0.978.